The average molecular weight is 508 g/mol. The Kier molecular flexibility index (Phi) is 6.74. The monoisotopic (exact) mass is 507 g/mol. The van der Waals surface area contributed by atoms with Crippen molar-refractivity contribution in [3.63, 3.8) is 0 Å². The molecule has 0 unspecified atom stereocenters. The average Bonchev–Trinajstić information content (AvgIpc) is 3.14. The molecule has 0 saturated heterocycles. The minimum Gasteiger partial charge on any atom is -0.296 e. The highest BCUT2D eigenvalue weighted by Crippen LogP contribution is 2.23. The molecule has 0 aliphatic carbocycles. The first-order chi connectivity index (χ1) is 14.0. The molecule has 0 aliphatic heterocycles. The largest absolute Gasteiger partial charge is 0.296 e. The maximum absolute atomic E-state index is 12.5. The van der Waals surface area contributed by atoms with Crippen LogP contribution in [0.15, 0.2) is 57.9 Å². The molecule has 158 valence electrons. The normalized spacial score (nSPS) is 12.0. The van der Waals surface area contributed by atoms with Crippen LogP contribution in [0.3, 0.4) is 0 Å². The third kappa shape index (κ3) is 5.74. The van der Waals surface area contributed by atoms with E-state index in [4.69, 9.17) is 0 Å². The molecule has 0 atom stereocenters. The van der Waals surface area contributed by atoms with Gasteiger partial charge in [0, 0.05) is 16.5 Å². The Balaban J connectivity index is 1.61. The number of rotatable bonds is 6. The number of sulfone groups is 1. The summed E-state index contributed by atoms with van der Waals surface area (Å²) in [4.78, 5) is 12.7. The molecule has 1 amide bonds. The van der Waals surface area contributed by atoms with Gasteiger partial charge in [-0.2, -0.15) is 0 Å². The van der Waals surface area contributed by atoms with Crippen LogP contribution in [-0.2, 0) is 21.7 Å². The molecule has 0 spiro atoms. The fourth-order valence-corrected chi connectivity index (χ4v) is 5.05. The highest BCUT2D eigenvalue weighted by molar-refractivity contribution is 9.10. The van der Waals surface area contributed by atoms with E-state index in [1.54, 1.807) is 36.4 Å². The van der Waals surface area contributed by atoms with Crippen molar-refractivity contribution in [3.05, 3.63) is 69.1 Å². The summed E-state index contributed by atoms with van der Waals surface area (Å²) in [6.07, 6.45) is 0.228. The number of hydrogen-bond donors (Lipinski definition) is 1. The Morgan fingerprint density at radius 2 is 1.67 bits per heavy atom. The summed E-state index contributed by atoms with van der Waals surface area (Å²) in [6, 6.07) is 14.0. The van der Waals surface area contributed by atoms with E-state index in [1.165, 1.54) is 11.3 Å². The van der Waals surface area contributed by atoms with Crippen LogP contribution in [0, 0.1) is 0 Å². The van der Waals surface area contributed by atoms with Crippen molar-refractivity contribution >= 4 is 48.1 Å². The molecule has 0 bridgehead atoms. The van der Waals surface area contributed by atoms with Gasteiger partial charge in [0.1, 0.15) is 5.01 Å². The van der Waals surface area contributed by atoms with Gasteiger partial charge in [-0.1, -0.05) is 60.2 Å². The molecule has 9 heteroatoms. The number of anilines is 1. The summed E-state index contributed by atoms with van der Waals surface area (Å²) >= 11 is 4.47. The van der Waals surface area contributed by atoms with Crippen molar-refractivity contribution in [1.29, 1.82) is 0 Å². The van der Waals surface area contributed by atoms with E-state index in [0.29, 0.717) is 15.7 Å². The van der Waals surface area contributed by atoms with Crippen molar-refractivity contribution in [3.8, 4) is 0 Å². The van der Waals surface area contributed by atoms with E-state index in [2.05, 4.69) is 52.2 Å². The number of amides is 1. The highest BCUT2D eigenvalue weighted by atomic mass is 79.9. The summed E-state index contributed by atoms with van der Waals surface area (Å²) in [5.41, 5.74) is 1.68. The maximum atomic E-state index is 12.5. The maximum Gasteiger partial charge on any atom is 0.257 e. The molecule has 0 aliphatic rings. The zero-order valence-electron chi connectivity index (χ0n) is 16.8. The minimum absolute atomic E-state index is 0.0136. The number of nitrogens with zero attached hydrogens (tertiary/aromatic N) is 2. The van der Waals surface area contributed by atoms with Gasteiger partial charge >= 0.3 is 0 Å². The van der Waals surface area contributed by atoms with E-state index < -0.39 is 9.84 Å². The molecule has 30 heavy (non-hydrogen) atoms. The second-order valence-corrected chi connectivity index (χ2v) is 11.9. The smallest absolute Gasteiger partial charge is 0.257 e. The molecular formula is C21H22BrN3O3S2. The van der Waals surface area contributed by atoms with Crippen LogP contribution in [-0.4, -0.2) is 30.3 Å². The Hall–Kier alpha value is -2.10. The van der Waals surface area contributed by atoms with Crippen molar-refractivity contribution in [2.45, 2.75) is 37.5 Å². The molecule has 1 heterocycles. The molecule has 2 aromatic carbocycles. The molecule has 1 N–H and O–H groups in total. The van der Waals surface area contributed by atoms with E-state index >= 15 is 0 Å². The van der Waals surface area contributed by atoms with Crippen LogP contribution in [0.2, 0.25) is 0 Å². The number of aryl methyl sites for hydroxylation is 1. The van der Waals surface area contributed by atoms with E-state index in [0.717, 1.165) is 10.0 Å². The van der Waals surface area contributed by atoms with Crippen LogP contribution in [0.25, 0.3) is 0 Å². The lowest BCUT2D eigenvalue weighted by Crippen LogP contribution is -2.14. The van der Waals surface area contributed by atoms with Crippen LogP contribution in [0.5, 0.6) is 0 Å². The summed E-state index contributed by atoms with van der Waals surface area (Å²) in [6.45, 7) is 6.34. The van der Waals surface area contributed by atoms with Crippen molar-refractivity contribution in [1.82, 2.24) is 10.2 Å². The standard InChI is InChI=1S/C21H22BrN3O3S2/c1-21(2,3)15-6-4-14(5-7-15)19(26)23-20-25-24-18(29-20)12-13-30(27,28)17-10-8-16(22)9-11-17/h4-11H,12-13H2,1-3H3,(H,23,25,26). The molecule has 3 aromatic rings. The lowest BCUT2D eigenvalue weighted by Gasteiger charge is -2.18. The van der Waals surface area contributed by atoms with Gasteiger partial charge < -0.3 is 0 Å². The number of hydrogen-bond acceptors (Lipinski definition) is 6. The zero-order chi connectivity index (χ0) is 21.9. The Bertz CT molecular complexity index is 1130. The number of benzene rings is 2. The molecule has 1 aromatic heterocycles. The van der Waals surface area contributed by atoms with Crippen LogP contribution < -0.4 is 5.32 Å². The first-order valence-corrected chi connectivity index (χ1v) is 12.5. The van der Waals surface area contributed by atoms with Gasteiger partial charge in [-0.15, -0.1) is 10.2 Å². The fraction of sp³-hybridized carbons (Fsp3) is 0.286. The second-order valence-electron chi connectivity index (χ2n) is 7.81. The number of halogens is 1. The first-order valence-electron chi connectivity index (χ1n) is 9.27. The zero-order valence-corrected chi connectivity index (χ0v) is 20.1. The number of carbonyl (C=O) groups excluding carboxylic acids is 1. The summed E-state index contributed by atoms with van der Waals surface area (Å²) in [5.74, 6) is -0.355. The third-order valence-electron chi connectivity index (χ3n) is 4.46. The fourth-order valence-electron chi connectivity index (χ4n) is 2.68. The number of nitrogens with one attached hydrogen (secondary N) is 1. The summed E-state index contributed by atoms with van der Waals surface area (Å²) < 4.78 is 25.7. The van der Waals surface area contributed by atoms with Gasteiger partial charge in [-0.25, -0.2) is 8.42 Å². The Morgan fingerprint density at radius 3 is 2.27 bits per heavy atom. The van der Waals surface area contributed by atoms with E-state index in [-0.39, 0.29) is 28.4 Å². The summed E-state index contributed by atoms with van der Waals surface area (Å²) in [7, 11) is -3.42. The third-order valence-corrected chi connectivity index (χ3v) is 7.62. The lowest BCUT2D eigenvalue weighted by atomic mass is 9.87. The van der Waals surface area contributed by atoms with Gasteiger partial charge in [-0.05, 0) is 47.4 Å². The number of carbonyl (C=O) groups is 1. The second kappa shape index (κ2) is 8.95. The van der Waals surface area contributed by atoms with Crippen molar-refractivity contribution in [2.75, 3.05) is 11.1 Å². The first kappa shape index (κ1) is 22.6. The van der Waals surface area contributed by atoms with Crippen LogP contribution in [0.4, 0.5) is 5.13 Å². The Labute approximate surface area is 188 Å². The predicted molar refractivity (Wildman–Crippen MR) is 123 cm³/mol. The quantitative estimate of drug-likeness (QED) is 0.514. The molecule has 0 saturated carbocycles. The predicted octanol–water partition coefficient (Wildman–Crippen LogP) is 4.87. The van der Waals surface area contributed by atoms with Crippen LogP contribution in [0.1, 0.15) is 41.7 Å². The van der Waals surface area contributed by atoms with Gasteiger partial charge in [0.05, 0.1) is 10.6 Å². The van der Waals surface area contributed by atoms with Gasteiger partial charge in [0.15, 0.2) is 9.84 Å². The van der Waals surface area contributed by atoms with Gasteiger partial charge in [-0.3, -0.25) is 10.1 Å². The van der Waals surface area contributed by atoms with Gasteiger partial charge in [0.2, 0.25) is 5.13 Å². The molecular weight excluding hydrogens is 486 g/mol. The van der Waals surface area contributed by atoms with Gasteiger partial charge in [0.25, 0.3) is 5.91 Å². The molecule has 3 rings (SSSR count). The highest BCUT2D eigenvalue weighted by Gasteiger charge is 2.18. The molecule has 0 fully saturated rings. The van der Waals surface area contributed by atoms with Crippen molar-refractivity contribution in [2.24, 2.45) is 0 Å². The summed E-state index contributed by atoms with van der Waals surface area (Å²) in [5, 5.41) is 11.6. The van der Waals surface area contributed by atoms with E-state index in [1.807, 2.05) is 12.1 Å². The lowest BCUT2D eigenvalue weighted by molar-refractivity contribution is 0.102. The van der Waals surface area contributed by atoms with E-state index in [9.17, 15) is 13.2 Å². The Morgan fingerprint density at radius 1 is 1.03 bits per heavy atom. The number of aromatic nitrogens is 2. The van der Waals surface area contributed by atoms with Crippen molar-refractivity contribution < 1.29 is 13.2 Å². The SMILES string of the molecule is CC(C)(C)c1ccc(C(=O)Nc2nnc(CCS(=O)(=O)c3ccc(Br)cc3)s2)cc1. The topological polar surface area (TPSA) is 89.0 Å². The molecule has 6 nitrogen and oxygen atoms in total. The molecule has 0 radical (unpaired) electrons. The minimum atomic E-state index is -3.42. The van der Waals surface area contributed by atoms with Crippen LogP contribution >= 0.6 is 27.3 Å².